The second-order valence-electron chi connectivity index (χ2n) is 6.66. The minimum Gasteiger partial charge on any atom is -0.461 e. The van der Waals surface area contributed by atoms with E-state index in [9.17, 15) is 4.79 Å². The van der Waals surface area contributed by atoms with Gasteiger partial charge >= 0.3 is 5.97 Å². The summed E-state index contributed by atoms with van der Waals surface area (Å²) in [6.07, 6.45) is 0. The van der Waals surface area contributed by atoms with Crippen molar-refractivity contribution in [2.75, 3.05) is 59.2 Å². The summed E-state index contributed by atoms with van der Waals surface area (Å²) in [6.45, 7) is 8.70. The lowest BCUT2D eigenvalue weighted by Crippen LogP contribution is -3.26. The Bertz CT molecular complexity index is 527. The Kier molecular flexibility index (Phi) is 6.81. The molecule has 6 nitrogen and oxygen atoms in total. The summed E-state index contributed by atoms with van der Waals surface area (Å²) in [6, 6.07) is 10.3. The van der Waals surface area contributed by atoms with Gasteiger partial charge in [0.2, 0.25) is 6.04 Å². The molecule has 2 atom stereocenters. The number of ether oxygens (including phenoxy) is 3. The van der Waals surface area contributed by atoms with Crippen molar-refractivity contribution in [3.05, 3.63) is 35.9 Å². The smallest absolute Gasteiger partial charge is 0.371 e. The standard InChI is InChI=1S/C19H28N2O4/c1-2-25-19(22)18(21-10-14-24-15-11-21)17(16-6-4-3-5-7-16)20-8-12-23-13-9-20/h3-7,17-18H,2,8-15H2,1H3/p+2/t17-,18-/m1/s1. The van der Waals surface area contributed by atoms with Gasteiger partial charge in [0, 0.05) is 5.56 Å². The summed E-state index contributed by atoms with van der Waals surface area (Å²) in [4.78, 5) is 15.7. The lowest BCUT2D eigenvalue weighted by Gasteiger charge is -2.39. The molecule has 2 N–H and O–H groups in total. The number of nitrogens with one attached hydrogen (secondary N) is 2. The zero-order valence-electron chi connectivity index (χ0n) is 15.0. The van der Waals surface area contributed by atoms with Crippen molar-refractivity contribution in [1.82, 2.24) is 0 Å². The molecule has 138 valence electrons. The first-order valence-electron chi connectivity index (χ1n) is 9.37. The minimum atomic E-state index is -0.209. The Morgan fingerprint density at radius 2 is 1.56 bits per heavy atom. The van der Waals surface area contributed by atoms with Gasteiger partial charge in [0.25, 0.3) is 0 Å². The van der Waals surface area contributed by atoms with Crippen LogP contribution in [0.3, 0.4) is 0 Å². The van der Waals surface area contributed by atoms with Gasteiger partial charge in [0.15, 0.2) is 6.04 Å². The second-order valence-corrected chi connectivity index (χ2v) is 6.66. The van der Waals surface area contributed by atoms with Gasteiger partial charge in [-0.25, -0.2) is 4.79 Å². The van der Waals surface area contributed by atoms with Gasteiger partial charge in [-0.15, -0.1) is 0 Å². The van der Waals surface area contributed by atoms with Crippen LogP contribution in [0.5, 0.6) is 0 Å². The van der Waals surface area contributed by atoms with Crippen molar-refractivity contribution in [2.24, 2.45) is 0 Å². The molecule has 3 rings (SSSR count). The number of esters is 1. The molecule has 0 aliphatic carbocycles. The van der Waals surface area contributed by atoms with Gasteiger partial charge < -0.3 is 24.0 Å². The van der Waals surface area contributed by atoms with Gasteiger partial charge in [0.1, 0.15) is 26.2 Å². The van der Waals surface area contributed by atoms with E-state index in [1.54, 1.807) is 0 Å². The lowest BCUT2D eigenvalue weighted by molar-refractivity contribution is -0.999. The van der Waals surface area contributed by atoms with Crippen molar-refractivity contribution < 1.29 is 28.8 Å². The monoisotopic (exact) mass is 350 g/mol. The van der Waals surface area contributed by atoms with Gasteiger partial charge in [-0.3, -0.25) is 0 Å². The molecular weight excluding hydrogens is 320 g/mol. The molecule has 2 aliphatic rings. The molecule has 0 aromatic heterocycles. The zero-order valence-corrected chi connectivity index (χ0v) is 15.0. The van der Waals surface area contributed by atoms with E-state index in [1.807, 2.05) is 13.0 Å². The van der Waals surface area contributed by atoms with Crippen LogP contribution in [0.1, 0.15) is 18.5 Å². The van der Waals surface area contributed by atoms with Crippen molar-refractivity contribution in [1.29, 1.82) is 0 Å². The number of carbonyl (C=O) groups is 1. The van der Waals surface area contributed by atoms with Crippen LogP contribution in [0.25, 0.3) is 0 Å². The highest BCUT2D eigenvalue weighted by Gasteiger charge is 2.46. The third kappa shape index (κ3) is 4.58. The third-order valence-corrected chi connectivity index (χ3v) is 5.18. The quantitative estimate of drug-likeness (QED) is 0.613. The van der Waals surface area contributed by atoms with Crippen LogP contribution in [0.4, 0.5) is 0 Å². The van der Waals surface area contributed by atoms with Gasteiger partial charge in [-0.1, -0.05) is 30.3 Å². The van der Waals surface area contributed by atoms with E-state index in [0.717, 1.165) is 39.4 Å². The average molecular weight is 350 g/mol. The Labute approximate surface area is 149 Å². The van der Waals surface area contributed by atoms with Crippen LogP contribution in [-0.2, 0) is 19.0 Å². The molecule has 0 amide bonds. The first-order valence-corrected chi connectivity index (χ1v) is 9.37. The third-order valence-electron chi connectivity index (χ3n) is 5.18. The van der Waals surface area contributed by atoms with Crippen molar-refractivity contribution in [2.45, 2.75) is 19.0 Å². The van der Waals surface area contributed by atoms with Crippen LogP contribution < -0.4 is 9.80 Å². The fourth-order valence-corrected chi connectivity index (χ4v) is 3.98. The maximum absolute atomic E-state index is 13.0. The fraction of sp³-hybridized carbons (Fsp3) is 0.632. The number of hydrogen-bond donors (Lipinski definition) is 2. The summed E-state index contributed by atoms with van der Waals surface area (Å²) in [5.41, 5.74) is 1.21. The van der Waals surface area contributed by atoms with Crippen molar-refractivity contribution >= 4 is 5.97 Å². The molecular formula is C19H30N2O4+2. The van der Waals surface area contributed by atoms with E-state index < -0.39 is 0 Å². The second kappa shape index (κ2) is 9.29. The Morgan fingerprint density at radius 1 is 1.00 bits per heavy atom. The molecule has 6 heteroatoms. The van der Waals surface area contributed by atoms with Crippen LogP contribution in [0.15, 0.2) is 30.3 Å². The molecule has 1 aromatic rings. The van der Waals surface area contributed by atoms with Crippen LogP contribution in [0.2, 0.25) is 0 Å². The average Bonchev–Trinajstić information content (AvgIpc) is 2.68. The highest BCUT2D eigenvalue weighted by atomic mass is 16.5. The van der Waals surface area contributed by atoms with Crippen LogP contribution in [0, 0.1) is 0 Å². The first-order chi connectivity index (χ1) is 12.3. The van der Waals surface area contributed by atoms with E-state index in [-0.39, 0.29) is 18.1 Å². The molecule has 0 spiro atoms. The Balaban J connectivity index is 1.93. The number of morpholine rings is 2. The predicted molar refractivity (Wildman–Crippen MR) is 92.6 cm³/mol. The van der Waals surface area contributed by atoms with Crippen LogP contribution in [-0.4, -0.2) is 71.2 Å². The minimum absolute atomic E-state index is 0.0808. The van der Waals surface area contributed by atoms with E-state index in [4.69, 9.17) is 14.2 Å². The van der Waals surface area contributed by atoms with Gasteiger partial charge in [0.05, 0.1) is 33.0 Å². The topological polar surface area (TPSA) is 53.6 Å². The van der Waals surface area contributed by atoms with Crippen molar-refractivity contribution in [3.8, 4) is 0 Å². The predicted octanol–water partition coefficient (Wildman–Crippen LogP) is -1.51. The molecule has 0 bridgehead atoms. The highest BCUT2D eigenvalue weighted by Crippen LogP contribution is 2.14. The van der Waals surface area contributed by atoms with Gasteiger partial charge in [-0.2, -0.15) is 0 Å². The molecule has 0 unspecified atom stereocenters. The van der Waals surface area contributed by atoms with E-state index in [1.165, 1.54) is 15.4 Å². The summed E-state index contributed by atoms with van der Waals surface area (Å²) in [5, 5.41) is 0. The number of rotatable bonds is 6. The highest BCUT2D eigenvalue weighted by molar-refractivity contribution is 5.75. The molecule has 2 saturated heterocycles. The number of carbonyl (C=O) groups excluding carboxylic acids is 1. The Morgan fingerprint density at radius 3 is 2.12 bits per heavy atom. The molecule has 1 aromatic carbocycles. The zero-order chi connectivity index (χ0) is 17.5. The Hall–Kier alpha value is -1.47. The largest absolute Gasteiger partial charge is 0.461 e. The normalized spacial score (nSPS) is 22.3. The van der Waals surface area contributed by atoms with E-state index in [0.29, 0.717) is 19.8 Å². The summed E-state index contributed by atoms with van der Waals surface area (Å²) in [7, 11) is 0. The van der Waals surface area contributed by atoms with E-state index in [2.05, 4.69) is 24.3 Å². The molecule has 25 heavy (non-hydrogen) atoms. The van der Waals surface area contributed by atoms with Gasteiger partial charge in [-0.05, 0) is 6.92 Å². The number of hydrogen-bond acceptors (Lipinski definition) is 4. The van der Waals surface area contributed by atoms with Crippen molar-refractivity contribution in [3.63, 3.8) is 0 Å². The molecule has 2 aliphatic heterocycles. The summed E-state index contributed by atoms with van der Waals surface area (Å²) < 4.78 is 16.6. The SMILES string of the molecule is CCOC(=O)[C@@H]([C@@H](c1ccccc1)[NH+]1CCOCC1)[NH+]1CCOCC1. The molecule has 2 fully saturated rings. The summed E-state index contributed by atoms with van der Waals surface area (Å²) >= 11 is 0. The fourth-order valence-electron chi connectivity index (χ4n) is 3.98. The number of benzene rings is 1. The first kappa shape index (κ1) is 18.3. The maximum Gasteiger partial charge on any atom is 0.371 e. The van der Waals surface area contributed by atoms with Crippen LogP contribution >= 0.6 is 0 Å². The molecule has 2 heterocycles. The lowest BCUT2D eigenvalue weighted by atomic mass is 9.95. The van der Waals surface area contributed by atoms with E-state index >= 15 is 0 Å². The molecule has 0 saturated carbocycles. The number of quaternary nitrogens is 2. The maximum atomic E-state index is 13.0. The molecule has 0 radical (unpaired) electrons. The summed E-state index contributed by atoms with van der Waals surface area (Å²) in [5.74, 6) is -0.0905.